The molecule has 0 aromatic heterocycles. The van der Waals surface area contributed by atoms with Gasteiger partial charge in [0.2, 0.25) is 11.8 Å². The number of rotatable bonds is 12. The zero-order valence-electron chi connectivity index (χ0n) is 23.1. The summed E-state index contributed by atoms with van der Waals surface area (Å²) in [5.41, 5.74) is 2.03. The van der Waals surface area contributed by atoms with Gasteiger partial charge in [-0.25, -0.2) is 8.42 Å². The van der Waals surface area contributed by atoms with Crippen LogP contribution in [0.1, 0.15) is 44.7 Å². The van der Waals surface area contributed by atoms with Crippen molar-refractivity contribution >= 4 is 50.7 Å². The fourth-order valence-electron chi connectivity index (χ4n) is 4.12. The number of aryl methyl sites for hydroxylation is 1. The lowest BCUT2D eigenvalue weighted by atomic mass is 10.1. The summed E-state index contributed by atoms with van der Waals surface area (Å²) in [6, 6.07) is 18.8. The van der Waals surface area contributed by atoms with E-state index in [1.54, 1.807) is 48.5 Å². The number of benzene rings is 3. The number of hydrogen-bond acceptors (Lipinski definition) is 4. The lowest BCUT2D eigenvalue weighted by Crippen LogP contribution is -2.53. The third kappa shape index (κ3) is 7.99. The Balaban J connectivity index is 2.04. The molecule has 0 saturated heterocycles. The highest BCUT2D eigenvalue weighted by molar-refractivity contribution is 7.92. The average molecular weight is 605 g/mol. The van der Waals surface area contributed by atoms with Gasteiger partial charge in [-0.15, -0.1) is 0 Å². The maximum absolute atomic E-state index is 14.1. The summed E-state index contributed by atoms with van der Waals surface area (Å²) in [6.07, 6.45) is 1.07. The van der Waals surface area contributed by atoms with Gasteiger partial charge in [0.05, 0.1) is 10.6 Å². The minimum Gasteiger partial charge on any atom is -0.352 e. The second-order valence-electron chi connectivity index (χ2n) is 9.69. The zero-order valence-corrected chi connectivity index (χ0v) is 25.4. The molecule has 2 atom stereocenters. The van der Waals surface area contributed by atoms with Crippen LogP contribution in [-0.4, -0.2) is 43.8 Å². The van der Waals surface area contributed by atoms with Crippen LogP contribution in [0.15, 0.2) is 77.7 Å². The van der Waals surface area contributed by atoms with Crippen molar-refractivity contribution in [3.05, 3.63) is 94.0 Å². The molecule has 3 rings (SSSR count). The first kappa shape index (κ1) is 31.5. The number of nitrogens with zero attached hydrogens (tertiary/aromatic N) is 2. The Labute approximate surface area is 247 Å². The summed E-state index contributed by atoms with van der Waals surface area (Å²) in [4.78, 5) is 28.8. The van der Waals surface area contributed by atoms with Crippen LogP contribution in [0.5, 0.6) is 0 Å². The van der Waals surface area contributed by atoms with E-state index >= 15 is 0 Å². The number of carbonyl (C=O) groups excluding carboxylic acids is 2. The number of amides is 2. The van der Waals surface area contributed by atoms with E-state index in [0.717, 1.165) is 21.9 Å². The normalized spacial score (nSPS) is 12.8. The minimum atomic E-state index is -4.16. The van der Waals surface area contributed by atoms with Crippen LogP contribution in [0.3, 0.4) is 0 Å². The highest BCUT2D eigenvalue weighted by atomic mass is 35.5. The van der Waals surface area contributed by atoms with E-state index in [1.165, 1.54) is 29.2 Å². The maximum atomic E-state index is 14.1. The molecule has 0 unspecified atom stereocenters. The maximum Gasteiger partial charge on any atom is 0.264 e. The summed E-state index contributed by atoms with van der Waals surface area (Å²) < 4.78 is 28.8. The predicted octanol–water partition coefficient (Wildman–Crippen LogP) is 6.22. The third-order valence-corrected chi connectivity index (χ3v) is 8.95. The Morgan fingerprint density at radius 2 is 1.40 bits per heavy atom. The van der Waals surface area contributed by atoms with E-state index < -0.39 is 28.5 Å². The van der Waals surface area contributed by atoms with E-state index in [1.807, 2.05) is 27.7 Å². The van der Waals surface area contributed by atoms with E-state index in [-0.39, 0.29) is 23.4 Å². The number of halogens is 2. The van der Waals surface area contributed by atoms with E-state index in [0.29, 0.717) is 22.2 Å². The topological polar surface area (TPSA) is 86.8 Å². The molecule has 1 N–H and O–H groups in total. The first-order valence-electron chi connectivity index (χ1n) is 13.2. The number of nitrogens with one attached hydrogen (secondary N) is 1. The van der Waals surface area contributed by atoms with Gasteiger partial charge in [0.1, 0.15) is 12.6 Å². The van der Waals surface area contributed by atoms with Gasteiger partial charge in [0, 0.05) is 22.6 Å². The molecular formula is C30H35Cl2N3O4S. The SMILES string of the molecule is CC[C@@H](C)NC(=O)[C@@H](CC)N(Cc1ccc(Cl)cc1)C(=O)CN(c1ccc(C)cc1)S(=O)(=O)c1ccc(Cl)cc1. The Bertz CT molecular complexity index is 1400. The van der Waals surface area contributed by atoms with Crippen LogP contribution in [0.4, 0.5) is 5.69 Å². The van der Waals surface area contributed by atoms with Gasteiger partial charge in [-0.2, -0.15) is 0 Å². The van der Waals surface area contributed by atoms with Crippen molar-refractivity contribution in [3.63, 3.8) is 0 Å². The minimum absolute atomic E-state index is 0.00363. The molecule has 7 nitrogen and oxygen atoms in total. The van der Waals surface area contributed by atoms with Gasteiger partial charge >= 0.3 is 0 Å². The first-order chi connectivity index (χ1) is 19.0. The molecule has 0 bridgehead atoms. The van der Waals surface area contributed by atoms with Crippen molar-refractivity contribution in [1.29, 1.82) is 0 Å². The highest BCUT2D eigenvalue weighted by Gasteiger charge is 2.34. The van der Waals surface area contributed by atoms with Crippen LogP contribution in [0.2, 0.25) is 10.0 Å². The fraction of sp³-hybridized carbons (Fsp3) is 0.333. The van der Waals surface area contributed by atoms with Crippen molar-refractivity contribution < 1.29 is 18.0 Å². The Morgan fingerprint density at radius 3 is 1.93 bits per heavy atom. The smallest absolute Gasteiger partial charge is 0.264 e. The first-order valence-corrected chi connectivity index (χ1v) is 15.3. The van der Waals surface area contributed by atoms with Gasteiger partial charge < -0.3 is 10.2 Å². The molecule has 40 heavy (non-hydrogen) atoms. The van der Waals surface area contributed by atoms with Crippen LogP contribution in [0, 0.1) is 6.92 Å². The largest absolute Gasteiger partial charge is 0.352 e. The highest BCUT2D eigenvalue weighted by Crippen LogP contribution is 2.26. The number of carbonyl (C=O) groups is 2. The van der Waals surface area contributed by atoms with Crippen molar-refractivity contribution in [1.82, 2.24) is 10.2 Å². The second-order valence-corrected chi connectivity index (χ2v) is 12.4. The van der Waals surface area contributed by atoms with Crippen LogP contribution < -0.4 is 9.62 Å². The molecule has 0 saturated carbocycles. The molecule has 0 aliphatic carbocycles. The monoisotopic (exact) mass is 603 g/mol. The summed E-state index contributed by atoms with van der Waals surface area (Å²) >= 11 is 12.1. The molecule has 214 valence electrons. The zero-order chi connectivity index (χ0) is 29.4. The number of anilines is 1. The molecule has 0 spiro atoms. The summed E-state index contributed by atoms with van der Waals surface area (Å²) in [7, 11) is -4.16. The van der Waals surface area contributed by atoms with Crippen LogP contribution in [0.25, 0.3) is 0 Å². The number of sulfonamides is 1. The van der Waals surface area contributed by atoms with E-state index in [2.05, 4.69) is 5.32 Å². The summed E-state index contributed by atoms with van der Waals surface area (Å²) in [5.74, 6) is -0.805. The van der Waals surface area contributed by atoms with Gasteiger partial charge in [-0.3, -0.25) is 13.9 Å². The molecule has 0 heterocycles. The Morgan fingerprint density at radius 1 is 0.850 bits per heavy atom. The van der Waals surface area contributed by atoms with Crippen LogP contribution >= 0.6 is 23.2 Å². The molecule has 0 radical (unpaired) electrons. The molecule has 2 amide bonds. The summed E-state index contributed by atoms with van der Waals surface area (Å²) in [6.45, 7) is 7.17. The lowest BCUT2D eigenvalue weighted by molar-refractivity contribution is -0.140. The van der Waals surface area contributed by atoms with Crippen molar-refractivity contribution in [3.8, 4) is 0 Å². The number of hydrogen-bond donors (Lipinski definition) is 1. The Hall–Kier alpha value is -3.07. The van der Waals surface area contributed by atoms with E-state index in [4.69, 9.17) is 23.2 Å². The molecule has 3 aromatic carbocycles. The molecular weight excluding hydrogens is 569 g/mol. The van der Waals surface area contributed by atoms with Crippen LogP contribution in [-0.2, 0) is 26.2 Å². The average Bonchev–Trinajstić information content (AvgIpc) is 2.93. The van der Waals surface area contributed by atoms with Crippen molar-refractivity contribution in [2.75, 3.05) is 10.8 Å². The molecule has 0 fully saturated rings. The van der Waals surface area contributed by atoms with Gasteiger partial charge in [0.15, 0.2) is 0 Å². The second kappa shape index (κ2) is 14.0. The molecule has 10 heteroatoms. The quantitative estimate of drug-likeness (QED) is 0.266. The lowest BCUT2D eigenvalue weighted by Gasteiger charge is -2.33. The standard InChI is InChI=1S/C30H35Cl2N3O4S/c1-5-22(4)33-30(37)28(6-2)34(19-23-9-11-24(31)12-10-23)29(36)20-35(26-15-7-21(3)8-16-26)40(38,39)27-17-13-25(32)14-18-27/h7-18,22,28H,5-6,19-20H2,1-4H3,(H,33,37)/t22-,28-/m1/s1. The summed E-state index contributed by atoms with van der Waals surface area (Å²) in [5, 5.41) is 3.90. The van der Waals surface area contributed by atoms with E-state index in [9.17, 15) is 18.0 Å². The van der Waals surface area contributed by atoms with Crippen molar-refractivity contribution in [2.45, 2.75) is 64.1 Å². The van der Waals surface area contributed by atoms with Gasteiger partial charge in [-0.05, 0) is 80.8 Å². The predicted molar refractivity (Wildman–Crippen MR) is 161 cm³/mol. The van der Waals surface area contributed by atoms with Crippen molar-refractivity contribution in [2.24, 2.45) is 0 Å². The van der Waals surface area contributed by atoms with Gasteiger partial charge in [0.25, 0.3) is 10.0 Å². The molecule has 0 aliphatic heterocycles. The fourth-order valence-corrected chi connectivity index (χ4v) is 5.79. The van der Waals surface area contributed by atoms with Gasteiger partial charge in [-0.1, -0.05) is 66.9 Å². The molecule has 3 aromatic rings. The Kier molecular flexibility index (Phi) is 11.0. The molecule has 0 aliphatic rings. The third-order valence-electron chi connectivity index (χ3n) is 6.66.